The summed E-state index contributed by atoms with van der Waals surface area (Å²) in [5, 5.41) is 5.86. The van der Waals surface area contributed by atoms with E-state index in [1.165, 1.54) is 5.56 Å². The molecule has 0 unspecified atom stereocenters. The van der Waals surface area contributed by atoms with Gasteiger partial charge in [0.05, 0.1) is 13.0 Å². The van der Waals surface area contributed by atoms with Crippen LogP contribution in [0.2, 0.25) is 0 Å². The molecule has 122 valence electrons. The fourth-order valence-corrected chi connectivity index (χ4v) is 1.99. The fraction of sp³-hybridized carbons (Fsp3) is 0.353. The van der Waals surface area contributed by atoms with Gasteiger partial charge >= 0.3 is 0 Å². The largest absolute Gasteiger partial charge is 0.493 e. The second kappa shape index (κ2) is 8.73. The lowest BCUT2D eigenvalue weighted by Crippen LogP contribution is -2.30. The Morgan fingerprint density at radius 2 is 1.91 bits per heavy atom. The minimum absolute atomic E-state index is 0.0360. The van der Waals surface area contributed by atoms with Gasteiger partial charge in [-0.3, -0.25) is 4.79 Å². The number of aromatic nitrogens is 2. The summed E-state index contributed by atoms with van der Waals surface area (Å²) in [6, 6.07) is 7.67. The molecule has 0 spiro atoms. The number of nitrogens with zero attached hydrogens (tertiary/aromatic N) is 2. The van der Waals surface area contributed by atoms with Gasteiger partial charge in [0.2, 0.25) is 11.9 Å². The van der Waals surface area contributed by atoms with Gasteiger partial charge in [-0.2, -0.15) is 0 Å². The first kappa shape index (κ1) is 16.7. The second-order valence-electron chi connectivity index (χ2n) is 5.15. The number of benzene rings is 1. The van der Waals surface area contributed by atoms with Crippen LogP contribution in [0.4, 0.5) is 5.95 Å². The molecule has 0 aliphatic rings. The van der Waals surface area contributed by atoms with Crippen LogP contribution in [0, 0.1) is 13.8 Å². The molecule has 1 aromatic heterocycles. The molecule has 1 heterocycles. The molecular formula is C17H22N4O2. The summed E-state index contributed by atoms with van der Waals surface area (Å²) in [7, 11) is 0. The van der Waals surface area contributed by atoms with Crippen LogP contribution in [-0.4, -0.2) is 35.6 Å². The van der Waals surface area contributed by atoms with Crippen LogP contribution in [-0.2, 0) is 4.79 Å². The minimum atomic E-state index is -0.0360. The summed E-state index contributed by atoms with van der Waals surface area (Å²) in [6.07, 6.45) is 3.66. The number of amides is 1. The van der Waals surface area contributed by atoms with Crippen molar-refractivity contribution in [3.8, 4) is 5.75 Å². The number of rotatable bonds is 8. The monoisotopic (exact) mass is 314 g/mol. The van der Waals surface area contributed by atoms with Crippen LogP contribution >= 0.6 is 0 Å². The average Bonchev–Trinajstić information content (AvgIpc) is 2.56. The molecule has 0 atom stereocenters. The average molecular weight is 314 g/mol. The highest BCUT2D eigenvalue weighted by Gasteiger charge is 2.04. The van der Waals surface area contributed by atoms with Gasteiger partial charge in [-0.1, -0.05) is 12.1 Å². The van der Waals surface area contributed by atoms with Gasteiger partial charge < -0.3 is 15.4 Å². The van der Waals surface area contributed by atoms with Crippen molar-refractivity contribution in [2.75, 3.05) is 25.0 Å². The zero-order chi connectivity index (χ0) is 16.5. The molecule has 6 nitrogen and oxygen atoms in total. The molecule has 1 aromatic carbocycles. The first-order chi connectivity index (χ1) is 11.2. The molecule has 0 saturated heterocycles. The Labute approximate surface area is 136 Å². The topological polar surface area (TPSA) is 76.1 Å². The first-order valence-corrected chi connectivity index (χ1v) is 7.63. The van der Waals surface area contributed by atoms with Gasteiger partial charge in [0.15, 0.2) is 0 Å². The van der Waals surface area contributed by atoms with Crippen LogP contribution in [0.5, 0.6) is 5.75 Å². The van der Waals surface area contributed by atoms with Gasteiger partial charge in [-0.05, 0) is 37.1 Å². The Balaban J connectivity index is 1.61. The third-order valence-electron chi connectivity index (χ3n) is 3.44. The molecule has 0 radical (unpaired) electrons. The Morgan fingerprint density at radius 3 is 2.70 bits per heavy atom. The molecule has 2 rings (SSSR count). The first-order valence-electron chi connectivity index (χ1n) is 7.63. The fourth-order valence-electron chi connectivity index (χ4n) is 1.99. The zero-order valence-corrected chi connectivity index (χ0v) is 13.5. The molecule has 0 bridgehead atoms. The third kappa shape index (κ3) is 5.58. The van der Waals surface area contributed by atoms with Crippen LogP contribution < -0.4 is 15.4 Å². The summed E-state index contributed by atoms with van der Waals surface area (Å²) in [6.45, 7) is 5.51. The Hall–Kier alpha value is -2.63. The van der Waals surface area contributed by atoms with Gasteiger partial charge in [0.25, 0.3) is 0 Å². The Bertz CT molecular complexity index is 632. The molecule has 2 N–H and O–H groups in total. The summed E-state index contributed by atoms with van der Waals surface area (Å²) in [4.78, 5) is 19.8. The molecule has 0 fully saturated rings. The Morgan fingerprint density at radius 1 is 1.13 bits per heavy atom. The SMILES string of the molecule is Cc1cccc(OCCC(=O)NCCNc2ncccn2)c1C. The van der Waals surface area contributed by atoms with Crippen molar-refractivity contribution in [2.45, 2.75) is 20.3 Å². The van der Waals surface area contributed by atoms with Crippen molar-refractivity contribution >= 4 is 11.9 Å². The lowest BCUT2D eigenvalue weighted by molar-refractivity contribution is -0.121. The number of carbonyl (C=O) groups excluding carboxylic acids is 1. The molecule has 1 amide bonds. The van der Waals surface area contributed by atoms with Crippen LogP contribution in [0.1, 0.15) is 17.5 Å². The number of anilines is 1. The number of carbonyl (C=O) groups is 1. The second-order valence-corrected chi connectivity index (χ2v) is 5.15. The van der Waals surface area contributed by atoms with Crippen LogP contribution in [0.15, 0.2) is 36.7 Å². The zero-order valence-electron chi connectivity index (χ0n) is 13.5. The van der Waals surface area contributed by atoms with Crippen molar-refractivity contribution in [1.82, 2.24) is 15.3 Å². The number of nitrogens with one attached hydrogen (secondary N) is 2. The van der Waals surface area contributed by atoms with Gasteiger partial charge in [-0.15, -0.1) is 0 Å². The van der Waals surface area contributed by atoms with Crippen LogP contribution in [0.3, 0.4) is 0 Å². The quantitative estimate of drug-likeness (QED) is 0.730. The maximum absolute atomic E-state index is 11.7. The predicted molar refractivity (Wildman–Crippen MR) is 89.6 cm³/mol. The molecule has 0 saturated carbocycles. The van der Waals surface area contributed by atoms with E-state index in [0.717, 1.165) is 11.3 Å². The maximum Gasteiger partial charge on any atom is 0.223 e. The Kier molecular flexibility index (Phi) is 6.35. The van der Waals surface area contributed by atoms with Crippen LogP contribution in [0.25, 0.3) is 0 Å². The summed E-state index contributed by atoms with van der Waals surface area (Å²) < 4.78 is 5.67. The number of ether oxygens (including phenoxy) is 1. The van der Waals surface area contributed by atoms with Crippen molar-refractivity contribution < 1.29 is 9.53 Å². The molecule has 6 heteroatoms. The van der Waals surface area contributed by atoms with Gasteiger partial charge in [0.1, 0.15) is 5.75 Å². The highest BCUT2D eigenvalue weighted by Crippen LogP contribution is 2.20. The standard InChI is InChI=1S/C17H22N4O2/c1-13-5-3-6-15(14(13)2)23-12-7-16(22)18-10-11-21-17-19-8-4-9-20-17/h3-6,8-9H,7,10-12H2,1-2H3,(H,18,22)(H,19,20,21). The third-order valence-corrected chi connectivity index (χ3v) is 3.44. The van der Waals surface area contributed by atoms with E-state index in [9.17, 15) is 4.79 Å². The summed E-state index contributed by atoms with van der Waals surface area (Å²) >= 11 is 0. The number of hydrogen-bond donors (Lipinski definition) is 2. The maximum atomic E-state index is 11.7. The van der Waals surface area contributed by atoms with E-state index < -0.39 is 0 Å². The normalized spacial score (nSPS) is 10.2. The van der Waals surface area contributed by atoms with Gasteiger partial charge in [0, 0.05) is 25.5 Å². The molecule has 23 heavy (non-hydrogen) atoms. The smallest absolute Gasteiger partial charge is 0.223 e. The minimum Gasteiger partial charge on any atom is -0.493 e. The van der Waals surface area contributed by atoms with Crippen molar-refractivity contribution in [3.63, 3.8) is 0 Å². The number of aryl methyl sites for hydroxylation is 1. The predicted octanol–water partition coefficient (Wildman–Crippen LogP) is 2.09. The summed E-state index contributed by atoms with van der Waals surface area (Å²) in [5.74, 6) is 1.35. The van der Waals surface area contributed by atoms with Crippen molar-refractivity contribution in [3.05, 3.63) is 47.8 Å². The van der Waals surface area contributed by atoms with E-state index in [1.54, 1.807) is 18.5 Å². The summed E-state index contributed by atoms with van der Waals surface area (Å²) in [5.41, 5.74) is 2.29. The van der Waals surface area contributed by atoms with Crippen molar-refractivity contribution in [2.24, 2.45) is 0 Å². The molecular weight excluding hydrogens is 292 g/mol. The van der Waals surface area contributed by atoms with E-state index >= 15 is 0 Å². The highest BCUT2D eigenvalue weighted by atomic mass is 16.5. The van der Waals surface area contributed by atoms with E-state index in [2.05, 4.69) is 20.6 Å². The van der Waals surface area contributed by atoms with Crippen molar-refractivity contribution in [1.29, 1.82) is 0 Å². The number of hydrogen-bond acceptors (Lipinski definition) is 5. The van der Waals surface area contributed by atoms with E-state index in [4.69, 9.17) is 4.74 Å². The molecule has 2 aromatic rings. The van der Waals surface area contributed by atoms with E-state index in [-0.39, 0.29) is 5.91 Å². The molecule has 0 aliphatic carbocycles. The lowest BCUT2D eigenvalue weighted by atomic mass is 10.1. The van der Waals surface area contributed by atoms with E-state index in [0.29, 0.717) is 32.1 Å². The molecule has 0 aliphatic heterocycles. The lowest BCUT2D eigenvalue weighted by Gasteiger charge is -2.11. The highest BCUT2D eigenvalue weighted by molar-refractivity contribution is 5.76. The van der Waals surface area contributed by atoms with Gasteiger partial charge in [-0.25, -0.2) is 9.97 Å². The van der Waals surface area contributed by atoms with E-state index in [1.807, 2.05) is 32.0 Å².